The van der Waals surface area contributed by atoms with Gasteiger partial charge in [-0.15, -0.1) is 0 Å². The van der Waals surface area contributed by atoms with E-state index in [0.29, 0.717) is 5.56 Å². The Morgan fingerprint density at radius 3 is 2.38 bits per heavy atom. The first-order chi connectivity index (χ1) is 9.68. The molecule has 0 amide bonds. The number of nitrogens with zero attached hydrogens (tertiary/aromatic N) is 1. The number of rotatable bonds is 5. The molecule has 0 aliphatic carbocycles. The third-order valence-electron chi connectivity index (χ3n) is 2.68. The standard InChI is InChI=1S/C13H18N2O4S2/c1-15(10-11-20(2,16)17)21(18,19)13-8-4-3-6-12(13)7-5-9-14/h3-4,6,8H,9-11,14H2,1-2H3. The highest BCUT2D eigenvalue weighted by Gasteiger charge is 2.23. The molecule has 1 rings (SSSR count). The molecule has 1 aromatic rings. The third kappa shape index (κ3) is 5.13. The van der Waals surface area contributed by atoms with Crippen LogP contribution in [0.4, 0.5) is 0 Å². The smallest absolute Gasteiger partial charge is 0.244 e. The number of sulfonamides is 1. The molecule has 21 heavy (non-hydrogen) atoms. The minimum Gasteiger partial charge on any atom is -0.320 e. The number of nitrogens with two attached hydrogens (primary N) is 1. The van der Waals surface area contributed by atoms with Gasteiger partial charge in [0, 0.05) is 25.4 Å². The maximum atomic E-state index is 12.5. The Hall–Kier alpha value is -1.40. The van der Waals surface area contributed by atoms with E-state index in [-0.39, 0.29) is 23.7 Å². The molecule has 8 heteroatoms. The molecule has 1 aromatic carbocycles. The summed E-state index contributed by atoms with van der Waals surface area (Å²) in [6.45, 7) is 0.0120. The summed E-state index contributed by atoms with van der Waals surface area (Å²) in [6, 6.07) is 6.29. The van der Waals surface area contributed by atoms with Crippen molar-refractivity contribution in [1.82, 2.24) is 4.31 Å². The summed E-state index contributed by atoms with van der Waals surface area (Å²) in [5.74, 6) is 5.08. The lowest BCUT2D eigenvalue weighted by Gasteiger charge is -2.17. The SMILES string of the molecule is CN(CCS(C)(=O)=O)S(=O)(=O)c1ccccc1C#CCN. The van der Waals surface area contributed by atoms with Crippen molar-refractivity contribution in [3.05, 3.63) is 29.8 Å². The zero-order valence-corrected chi connectivity index (χ0v) is 13.5. The van der Waals surface area contributed by atoms with Crippen LogP contribution in [0.15, 0.2) is 29.2 Å². The molecular weight excluding hydrogens is 312 g/mol. The monoisotopic (exact) mass is 330 g/mol. The molecule has 0 saturated carbocycles. The number of hydrogen-bond acceptors (Lipinski definition) is 5. The van der Waals surface area contributed by atoms with E-state index in [1.807, 2.05) is 0 Å². The predicted octanol–water partition coefficient (Wildman–Crippen LogP) is -0.338. The van der Waals surface area contributed by atoms with Gasteiger partial charge < -0.3 is 5.73 Å². The van der Waals surface area contributed by atoms with Crippen LogP contribution in [-0.4, -0.2) is 53.3 Å². The fourth-order valence-corrected chi connectivity index (χ4v) is 3.56. The number of benzene rings is 1. The first-order valence-corrected chi connectivity index (χ1v) is 9.60. The summed E-state index contributed by atoms with van der Waals surface area (Å²) in [4.78, 5) is 0.0435. The van der Waals surface area contributed by atoms with Crippen molar-refractivity contribution in [2.45, 2.75) is 4.90 Å². The van der Waals surface area contributed by atoms with E-state index >= 15 is 0 Å². The lowest BCUT2D eigenvalue weighted by Crippen LogP contribution is -2.32. The zero-order valence-electron chi connectivity index (χ0n) is 11.9. The van der Waals surface area contributed by atoms with Crippen molar-refractivity contribution in [3.8, 4) is 11.8 Å². The summed E-state index contributed by atoms with van der Waals surface area (Å²) < 4.78 is 48.2. The first-order valence-electron chi connectivity index (χ1n) is 6.10. The van der Waals surface area contributed by atoms with Gasteiger partial charge in [-0.05, 0) is 12.1 Å². The minimum absolute atomic E-state index is 0.0435. The van der Waals surface area contributed by atoms with Crippen LogP contribution in [0.25, 0.3) is 0 Å². The average Bonchev–Trinajstić information content (AvgIpc) is 2.41. The van der Waals surface area contributed by atoms with E-state index < -0.39 is 19.9 Å². The Labute approximate surface area is 125 Å². The van der Waals surface area contributed by atoms with E-state index in [1.54, 1.807) is 18.2 Å². The van der Waals surface area contributed by atoms with E-state index in [2.05, 4.69) is 11.8 Å². The van der Waals surface area contributed by atoms with Gasteiger partial charge in [0.15, 0.2) is 0 Å². The summed E-state index contributed by atoms with van der Waals surface area (Å²) in [7, 11) is -5.69. The summed E-state index contributed by atoms with van der Waals surface area (Å²) in [5, 5.41) is 0. The molecular formula is C13H18N2O4S2. The van der Waals surface area contributed by atoms with E-state index in [9.17, 15) is 16.8 Å². The molecule has 0 bridgehead atoms. The maximum Gasteiger partial charge on any atom is 0.244 e. The van der Waals surface area contributed by atoms with Gasteiger partial charge in [-0.2, -0.15) is 4.31 Å². The molecule has 0 atom stereocenters. The molecule has 0 heterocycles. The van der Waals surface area contributed by atoms with Crippen molar-refractivity contribution in [2.75, 3.05) is 32.1 Å². The fraction of sp³-hybridized carbons (Fsp3) is 0.385. The van der Waals surface area contributed by atoms with Gasteiger partial charge in [0.2, 0.25) is 10.0 Å². The van der Waals surface area contributed by atoms with Gasteiger partial charge in [0.05, 0.1) is 17.2 Å². The molecule has 0 spiro atoms. The average molecular weight is 330 g/mol. The highest BCUT2D eigenvalue weighted by molar-refractivity contribution is 7.91. The van der Waals surface area contributed by atoms with Crippen LogP contribution in [-0.2, 0) is 19.9 Å². The van der Waals surface area contributed by atoms with Gasteiger partial charge >= 0.3 is 0 Å². The molecule has 0 unspecified atom stereocenters. The predicted molar refractivity (Wildman–Crippen MR) is 81.9 cm³/mol. The molecule has 0 aliphatic rings. The van der Waals surface area contributed by atoms with Gasteiger partial charge in [-0.1, -0.05) is 24.0 Å². The molecule has 0 aliphatic heterocycles. The lowest BCUT2D eigenvalue weighted by atomic mass is 10.2. The normalized spacial score (nSPS) is 12.0. The van der Waals surface area contributed by atoms with E-state index in [1.165, 1.54) is 13.1 Å². The van der Waals surface area contributed by atoms with Gasteiger partial charge in [-0.25, -0.2) is 16.8 Å². The second kappa shape index (κ2) is 7.04. The topological polar surface area (TPSA) is 97.5 Å². The zero-order chi connectivity index (χ0) is 16.1. The highest BCUT2D eigenvalue weighted by Crippen LogP contribution is 2.18. The van der Waals surface area contributed by atoms with Crippen LogP contribution in [0.5, 0.6) is 0 Å². The van der Waals surface area contributed by atoms with Crippen LogP contribution < -0.4 is 5.73 Å². The minimum atomic E-state index is -3.80. The quantitative estimate of drug-likeness (QED) is 0.745. The van der Waals surface area contributed by atoms with Crippen molar-refractivity contribution < 1.29 is 16.8 Å². The Bertz CT molecular complexity index is 759. The summed E-state index contributed by atoms with van der Waals surface area (Å²) in [6.07, 6.45) is 1.06. The molecule has 116 valence electrons. The number of hydrogen-bond donors (Lipinski definition) is 1. The first kappa shape index (κ1) is 17.7. The second-order valence-corrected chi connectivity index (χ2v) is 8.73. The van der Waals surface area contributed by atoms with E-state index in [4.69, 9.17) is 5.73 Å². The summed E-state index contributed by atoms with van der Waals surface area (Å²) in [5.41, 5.74) is 5.63. The lowest BCUT2D eigenvalue weighted by molar-refractivity contribution is 0.484. The van der Waals surface area contributed by atoms with Crippen molar-refractivity contribution >= 4 is 19.9 Å². The van der Waals surface area contributed by atoms with Crippen LogP contribution >= 0.6 is 0 Å². The molecule has 0 aromatic heterocycles. The Morgan fingerprint density at radius 1 is 1.19 bits per heavy atom. The summed E-state index contributed by atoms with van der Waals surface area (Å²) >= 11 is 0. The van der Waals surface area contributed by atoms with Gasteiger partial charge in [0.1, 0.15) is 9.84 Å². The largest absolute Gasteiger partial charge is 0.320 e. The van der Waals surface area contributed by atoms with Crippen LogP contribution in [0.3, 0.4) is 0 Å². The Kier molecular flexibility index (Phi) is 5.92. The van der Waals surface area contributed by atoms with Crippen molar-refractivity contribution in [1.29, 1.82) is 0 Å². The van der Waals surface area contributed by atoms with Gasteiger partial charge in [0.25, 0.3) is 0 Å². The van der Waals surface area contributed by atoms with Gasteiger partial charge in [-0.3, -0.25) is 0 Å². The molecule has 2 N–H and O–H groups in total. The number of sulfone groups is 1. The van der Waals surface area contributed by atoms with Crippen LogP contribution in [0, 0.1) is 11.8 Å². The molecule has 0 fully saturated rings. The second-order valence-electron chi connectivity index (χ2n) is 4.46. The molecule has 6 nitrogen and oxygen atoms in total. The highest BCUT2D eigenvalue weighted by atomic mass is 32.2. The molecule has 0 radical (unpaired) electrons. The van der Waals surface area contributed by atoms with Crippen molar-refractivity contribution in [2.24, 2.45) is 5.73 Å². The fourth-order valence-electron chi connectivity index (χ4n) is 1.52. The van der Waals surface area contributed by atoms with Crippen LogP contribution in [0.1, 0.15) is 5.56 Å². The van der Waals surface area contributed by atoms with Crippen molar-refractivity contribution in [3.63, 3.8) is 0 Å². The molecule has 0 saturated heterocycles. The Balaban J connectivity index is 3.13. The third-order valence-corrected chi connectivity index (χ3v) is 5.52. The maximum absolute atomic E-state index is 12.5. The van der Waals surface area contributed by atoms with E-state index in [0.717, 1.165) is 10.6 Å². The van der Waals surface area contributed by atoms with Crippen LogP contribution in [0.2, 0.25) is 0 Å². The Morgan fingerprint density at radius 2 is 1.81 bits per heavy atom.